The van der Waals surface area contributed by atoms with Gasteiger partial charge in [0.25, 0.3) is 0 Å². The molecule has 0 bridgehead atoms. The molecule has 1 fully saturated rings. The van der Waals surface area contributed by atoms with Crippen molar-refractivity contribution in [3.8, 4) is 0 Å². The predicted molar refractivity (Wildman–Crippen MR) is 82.9 cm³/mol. The SMILES string of the molecule is CC(=O)NC(=S)Nc1cccc(Cl)c1N1CCCC1. The van der Waals surface area contributed by atoms with Crippen molar-refractivity contribution < 1.29 is 4.79 Å². The molecule has 4 nitrogen and oxygen atoms in total. The van der Waals surface area contributed by atoms with Crippen molar-refractivity contribution in [1.82, 2.24) is 5.32 Å². The fourth-order valence-electron chi connectivity index (χ4n) is 2.19. The van der Waals surface area contributed by atoms with E-state index in [9.17, 15) is 4.79 Å². The van der Waals surface area contributed by atoms with Crippen molar-refractivity contribution in [3.05, 3.63) is 23.2 Å². The summed E-state index contributed by atoms with van der Waals surface area (Å²) in [4.78, 5) is 13.2. The number of nitrogens with one attached hydrogen (secondary N) is 2. The van der Waals surface area contributed by atoms with Crippen molar-refractivity contribution in [2.75, 3.05) is 23.3 Å². The molecule has 1 aliphatic heterocycles. The second kappa shape index (κ2) is 6.21. The number of hydrogen-bond acceptors (Lipinski definition) is 3. The summed E-state index contributed by atoms with van der Waals surface area (Å²) in [6.07, 6.45) is 2.33. The molecule has 0 unspecified atom stereocenters. The van der Waals surface area contributed by atoms with Crippen LogP contribution < -0.4 is 15.5 Å². The first-order chi connectivity index (χ1) is 9.08. The van der Waals surface area contributed by atoms with Crippen molar-refractivity contribution in [1.29, 1.82) is 0 Å². The first-order valence-electron chi connectivity index (χ1n) is 6.20. The Hall–Kier alpha value is -1.33. The van der Waals surface area contributed by atoms with E-state index in [4.69, 9.17) is 23.8 Å². The fraction of sp³-hybridized carbons (Fsp3) is 0.385. The van der Waals surface area contributed by atoms with Crippen molar-refractivity contribution >= 4 is 46.2 Å². The van der Waals surface area contributed by atoms with E-state index in [1.165, 1.54) is 19.8 Å². The highest BCUT2D eigenvalue weighted by atomic mass is 35.5. The number of carbonyl (C=O) groups excluding carboxylic acids is 1. The topological polar surface area (TPSA) is 44.4 Å². The lowest BCUT2D eigenvalue weighted by Gasteiger charge is -2.23. The van der Waals surface area contributed by atoms with Gasteiger partial charge in [-0.2, -0.15) is 0 Å². The van der Waals surface area contributed by atoms with Gasteiger partial charge in [-0.3, -0.25) is 4.79 Å². The first kappa shape index (κ1) is 14.1. The molecule has 0 radical (unpaired) electrons. The number of thiocarbonyl (C=S) groups is 1. The Balaban J connectivity index is 2.22. The number of halogens is 1. The summed E-state index contributed by atoms with van der Waals surface area (Å²) in [5.41, 5.74) is 1.78. The molecule has 102 valence electrons. The zero-order valence-electron chi connectivity index (χ0n) is 10.7. The van der Waals surface area contributed by atoms with Gasteiger partial charge >= 0.3 is 0 Å². The molecule has 1 aromatic rings. The van der Waals surface area contributed by atoms with Gasteiger partial charge in [0.15, 0.2) is 5.11 Å². The highest BCUT2D eigenvalue weighted by Gasteiger charge is 2.19. The van der Waals surface area contributed by atoms with Gasteiger partial charge < -0.3 is 15.5 Å². The molecule has 19 heavy (non-hydrogen) atoms. The molecular weight excluding hydrogens is 282 g/mol. The van der Waals surface area contributed by atoms with Gasteiger partial charge in [0, 0.05) is 20.0 Å². The molecule has 0 atom stereocenters. The summed E-state index contributed by atoms with van der Waals surface area (Å²) in [5, 5.41) is 6.56. The minimum absolute atomic E-state index is 0.192. The number of anilines is 2. The quantitative estimate of drug-likeness (QED) is 0.824. The third-order valence-corrected chi connectivity index (χ3v) is 3.46. The molecule has 1 aromatic carbocycles. The number of nitrogens with zero attached hydrogens (tertiary/aromatic N) is 1. The standard InChI is InChI=1S/C13H16ClN3OS/c1-9(18)15-13(19)16-11-6-4-5-10(14)12(11)17-7-2-3-8-17/h4-6H,2-3,7-8H2,1H3,(H2,15,16,18,19). The molecule has 6 heteroatoms. The van der Waals surface area contributed by atoms with Crippen molar-refractivity contribution in [2.24, 2.45) is 0 Å². The maximum atomic E-state index is 11.0. The van der Waals surface area contributed by atoms with Gasteiger partial charge in [0.05, 0.1) is 16.4 Å². The summed E-state index contributed by atoms with van der Waals surface area (Å²) < 4.78 is 0. The average Bonchev–Trinajstić information content (AvgIpc) is 2.81. The van der Waals surface area contributed by atoms with E-state index in [1.807, 2.05) is 18.2 Å². The summed E-state index contributed by atoms with van der Waals surface area (Å²) in [6.45, 7) is 3.41. The predicted octanol–water partition coefficient (Wildman–Crippen LogP) is 2.77. The van der Waals surface area contributed by atoms with Crippen LogP contribution in [0.3, 0.4) is 0 Å². The summed E-state index contributed by atoms with van der Waals surface area (Å²) in [6, 6.07) is 5.64. The molecule has 1 amide bonds. The summed E-state index contributed by atoms with van der Waals surface area (Å²) in [7, 11) is 0. The number of amides is 1. The third-order valence-electron chi connectivity index (χ3n) is 2.95. The van der Waals surface area contributed by atoms with E-state index in [1.54, 1.807) is 0 Å². The van der Waals surface area contributed by atoms with E-state index < -0.39 is 0 Å². The largest absolute Gasteiger partial charge is 0.369 e. The Morgan fingerprint density at radius 1 is 1.37 bits per heavy atom. The Labute approximate surface area is 123 Å². The second-order valence-electron chi connectivity index (χ2n) is 4.47. The second-order valence-corrected chi connectivity index (χ2v) is 5.28. The van der Waals surface area contributed by atoms with Gasteiger partial charge in [0.2, 0.25) is 5.91 Å². The van der Waals surface area contributed by atoms with Crippen LogP contribution in [0.2, 0.25) is 5.02 Å². The first-order valence-corrected chi connectivity index (χ1v) is 6.98. The van der Waals surface area contributed by atoms with Gasteiger partial charge in [-0.25, -0.2) is 0 Å². The zero-order chi connectivity index (χ0) is 13.8. The monoisotopic (exact) mass is 297 g/mol. The van der Waals surface area contributed by atoms with Crippen molar-refractivity contribution in [2.45, 2.75) is 19.8 Å². The Kier molecular flexibility index (Phi) is 4.61. The van der Waals surface area contributed by atoms with Crippen LogP contribution in [0, 0.1) is 0 Å². The smallest absolute Gasteiger partial charge is 0.222 e. The van der Waals surface area contributed by atoms with Gasteiger partial charge in [-0.05, 0) is 37.2 Å². The number of para-hydroxylation sites is 1. The molecule has 0 saturated carbocycles. The average molecular weight is 298 g/mol. The van der Waals surface area contributed by atoms with Crippen molar-refractivity contribution in [3.63, 3.8) is 0 Å². The van der Waals surface area contributed by atoms with Crippen LogP contribution in [0.25, 0.3) is 0 Å². The lowest BCUT2D eigenvalue weighted by atomic mass is 10.2. The molecule has 0 spiro atoms. The lowest BCUT2D eigenvalue weighted by molar-refractivity contribution is -0.117. The van der Waals surface area contributed by atoms with E-state index in [-0.39, 0.29) is 11.0 Å². The lowest BCUT2D eigenvalue weighted by Crippen LogP contribution is -2.33. The van der Waals surface area contributed by atoms with Crippen LogP contribution in [-0.2, 0) is 4.79 Å². The Bertz CT molecular complexity index is 501. The van der Waals surface area contributed by atoms with Gasteiger partial charge in [-0.15, -0.1) is 0 Å². The molecule has 0 aliphatic carbocycles. The number of carbonyl (C=O) groups is 1. The molecular formula is C13H16ClN3OS. The van der Waals surface area contributed by atoms with E-state index in [2.05, 4.69) is 15.5 Å². The normalized spacial score (nSPS) is 14.3. The van der Waals surface area contributed by atoms with Crippen LogP contribution in [0.5, 0.6) is 0 Å². The number of rotatable bonds is 2. The molecule has 1 saturated heterocycles. The minimum Gasteiger partial charge on any atom is -0.369 e. The highest BCUT2D eigenvalue weighted by molar-refractivity contribution is 7.80. The molecule has 1 heterocycles. The van der Waals surface area contributed by atoms with Gasteiger partial charge in [-0.1, -0.05) is 17.7 Å². The minimum atomic E-state index is -0.192. The van der Waals surface area contributed by atoms with E-state index in [0.29, 0.717) is 5.02 Å². The molecule has 1 aliphatic rings. The van der Waals surface area contributed by atoms with Crippen LogP contribution in [0.4, 0.5) is 11.4 Å². The third kappa shape index (κ3) is 3.58. The van der Waals surface area contributed by atoms with Crippen LogP contribution in [0.1, 0.15) is 19.8 Å². The summed E-state index contributed by atoms with van der Waals surface area (Å²) >= 11 is 11.4. The Morgan fingerprint density at radius 3 is 2.68 bits per heavy atom. The number of hydrogen-bond donors (Lipinski definition) is 2. The fourth-order valence-corrected chi connectivity index (χ4v) is 2.74. The highest BCUT2D eigenvalue weighted by Crippen LogP contribution is 2.35. The van der Waals surface area contributed by atoms with E-state index >= 15 is 0 Å². The number of benzene rings is 1. The molecule has 2 N–H and O–H groups in total. The van der Waals surface area contributed by atoms with Crippen LogP contribution in [0.15, 0.2) is 18.2 Å². The zero-order valence-corrected chi connectivity index (χ0v) is 12.3. The molecule has 2 rings (SSSR count). The van der Waals surface area contributed by atoms with Crippen LogP contribution >= 0.6 is 23.8 Å². The molecule has 0 aromatic heterocycles. The maximum absolute atomic E-state index is 11.0. The Morgan fingerprint density at radius 2 is 2.05 bits per heavy atom. The van der Waals surface area contributed by atoms with Gasteiger partial charge in [0.1, 0.15) is 0 Å². The van der Waals surface area contributed by atoms with E-state index in [0.717, 1.165) is 24.5 Å². The summed E-state index contributed by atoms with van der Waals surface area (Å²) in [5.74, 6) is -0.192. The maximum Gasteiger partial charge on any atom is 0.222 e. The van der Waals surface area contributed by atoms with Crippen LogP contribution in [-0.4, -0.2) is 24.1 Å².